The lowest BCUT2D eigenvalue weighted by atomic mass is 9.88. The van der Waals surface area contributed by atoms with E-state index in [2.05, 4.69) is 182 Å². The van der Waals surface area contributed by atoms with Crippen molar-refractivity contribution in [3.05, 3.63) is 216 Å². The van der Waals surface area contributed by atoms with E-state index in [1.807, 2.05) is 19.2 Å². The number of allylic oxidation sites excluding steroid dienone is 2. The summed E-state index contributed by atoms with van der Waals surface area (Å²) < 4.78 is 6.63. The molecule has 0 spiro atoms. The normalized spacial score (nSPS) is 14.9. The van der Waals surface area contributed by atoms with E-state index in [1.54, 1.807) is 0 Å². The Hall–Kier alpha value is -7.10. The molecule has 1 aromatic heterocycles. The molecule has 0 radical (unpaired) electrons. The van der Waals surface area contributed by atoms with Gasteiger partial charge in [0.15, 0.2) is 5.84 Å². The van der Waals surface area contributed by atoms with Crippen LogP contribution in [0.2, 0.25) is 0 Å². The Kier molecular flexibility index (Phi) is 8.53. The monoisotopic (exact) mass is 718 g/mol. The van der Waals surface area contributed by atoms with Gasteiger partial charge in [-0.25, -0.2) is 4.99 Å². The first kappa shape index (κ1) is 33.5. The fourth-order valence-electron chi connectivity index (χ4n) is 8.13. The zero-order valence-electron chi connectivity index (χ0n) is 31.1. The van der Waals surface area contributed by atoms with E-state index in [4.69, 9.17) is 14.4 Å². The van der Waals surface area contributed by atoms with Crippen molar-refractivity contribution >= 4 is 55.0 Å². The van der Waals surface area contributed by atoms with Gasteiger partial charge in [-0.2, -0.15) is 0 Å². The third kappa shape index (κ3) is 6.23. The molecule has 10 rings (SSSR count). The first-order valence-electron chi connectivity index (χ1n) is 19.2. The number of benzene rings is 8. The summed E-state index contributed by atoms with van der Waals surface area (Å²) >= 11 is 0. The highest BCUT2D eigenvalue weighted by molar-refractivity contribution is 6.28. The molecule has 0 saturated heterocycles. The first-order valence-corrected chi connectivity index (χ1v) is 19.2. The Morgan fingerprint density at radius 1 is 0.554 bits per heavy atom. The van der Waals surface area contributed by atoms with E-state index in [0.29, 0.717) is 5.84 Å². The number of fused-ring (bicyclic) bond motifs is 5. The van der Waals surface area contributed by atoms with Crippen LogP contribution in [0.5, 0.6) is 0 Å². The van der Waals surface area contributed by atoms with E-state index in [9.17, 15) is 0 Å². The van der Waals surface area contributed by atoms with Gasteiger partial charge < -0.3 is 4.42 Å². The molecule has 1 aliphatic rings. The van der Waals surface area contributed by atoms with Gasteiger partial charge in [-0.05, 0) is 80.0 Å². The minimum absolute atomic E-state index is 0.285. The van der Waals surface area contributed by atoms with Crippen LogP contribution in [0.3, 0.4) is 0 Å². The number of aliphatic imine (C=N–C) groups is 2. The van der Waals surface area contributed by atoms with Gasteiger partial charge in [0.2, 0.25) is 0 Å². The van der Waals surface area contributed by atoms with Gasteiger partial charge in [-0.15, -0.1) is 0 Å². The number of amidine groups is 1. The molecule has 0 N–H and O–H groups in total. The van der Waals surface area contributed by atoms with E-state index < -0.39 is 0 Å². The number of hydrogen-bond donors (Lipinski definition) is 0. The largest absolute Gasteiger partial charge is 0.456 e. The predicted octanol–water partition coefficient (Wildman–Crippen LogP) is 13.8. The summed E-state index contributed by atoms with van der Waals surface area (Å²) in [6.07, 6.45) is 7.66. The van der Waals surface area contributed by atoms with Crippen LogP contribution in [-0.4, -0.2) is 18.6 Å². The average molecular weight is 719 g/mol. The Labute approximate surface area is 326 Å². The van der Waals surface area contributed by atoms with Crippen LogP contribution < -0.4 is 0 Å². The third-order valence-corrected chi connectivity index (χ3v) is 11.1. The average Bonchev–Trinajstić information content (AvgIpc) is 3.65. The Morgan fingerprint density at radius 2 is 1.20 bits per heavy atom. The second-order valence-electron chi connectivity index (χ2n) is 14.5. The summed E-state index contributed by atoms with van der Waals surface area (Å²) in [5.41, 5.74) is 11.4. The van der Waals surface area contributed by atoms with Crippen molar-refractivity contribution in [1.29, 1.82) is 0 Å². The summed E-state index contributed by atoms with van der Waals surface area (Å²) in [7, 11) is 1.84. The number of furan rings is 1. The van der Waals surface area contributed by atoms with Gasteiger partial charge in [0.1, 0.15) is 11.2 Å². The van der Waals surface area contributed by atoms with Crippen molar-refractivity contribution in [2.24, 2.45) is 9.98 Å². The van der Waals surface area contributed by atoms with Crippen LogP contribution >= 0.6 is 0 Å². The fourth-order valence-corrected chi connectivity index (χ4v) is 8.13. The SMILES string of the molecule is C/N=C(\N=C(\c1ccc2ccccc2c1)c1cc(-c2ccc(-c3ccccc3)cc2)cc2oc3ccccc3c12)C1=CCC(c2ccc3ccccc3c2)C=C1. The van der Waals surface area contributed by atoms with Crippen molar-refractivity contribution in [2.45, 2.75) is 12.3 Å². The molecule has 0 saturated carbocycles. The van der Waals surface area contributed by atoms with Crippen LogP contribution in [0.1, 0.15) is 29.0 Å². The third-order valence-electron chi connectivity index (χ3n) is 11.1. The molecule has 8 aromatic carbocycles. The Bertz CT molecular complexity index is 3050. The molecular formula is C53H38N2O. The molecule has 0 amide bonds. The smallest absolute Gasteiger partial charge is 0.154 e. The number of rotatable bonds is 6. The second kappa shape index (κ2) is 14.3. The highest BCUT2D eigenvalue weighted by Crippen LogP contribution is 2.38. The molecule has 1 atom stereocenters. The van der Waals surface area contributed by atoms with Crippen molar-refractivity contribution < 1.29 is 4.42 Å². The highest BCUT2D eigenvalue weighted by Gasteiger charge is 2.21. The molecule has 1 heterocycles. The molecule has 1 aliphatic carbocycles. The van der Waals surface area contributed by atoms with Gasteiger partial charge in [0.05, 0.1) is 5.71 Å². The summed E-state index contributed by atoms with van der Waals surface area (Å²) in [4.78, 5) is 10.4. The first-order chi connectivity index (χ1) is 27.7. The lowest BCUT2D eigenvalue weighted by Crippen LogP contribution is -2.11. The van der Waals surface area contributed by atoms with E-state index in [0.717, 1.165) is 67.3 Å². The zero-order valence-corrected chi connectivity index (χ0v) is 31.1. The minimum atomic E-state index is 0.285. The summed E-state index contributed by atoms with van der Waals surface area (Å²) in [6.45, 7) is 0. The fraction of sp³-hybridized carbons (Fsp3) is 0.0566. The predicted molar refractivity (Wildman–Crippen MR) is 236 cm³/mol. The maximum Gasteiger partial charge on any atom is 0.154 e. The van der Waals surface area contributed by atoms with Crippen LogP contribution in [0.25, 0.3) is 65.7 Å². The summed E-state index contributed by atoms with van der Waals surface area (Å²) in [6, 6.07) is 62.5. The molecule has 56 heavy (non-hydrogen) atoms. The molecule has 0 fully saturated rings. The number of para-hydroxylation sites is 1. The van der Waals surface area contributed by atoms with E-state index in [-0.39, 0.29) is 5.92 Å². The van der Waals surface area contributed by atoms with Crippen molar-refractivity contribution in [2.75, 3.05) is 7.05 Å². The van der Waals surface area contributed by atoms with Gasteiger partial charge in [0.25, 0.3) is 0 Å². The van der Waals surface area contributed by atoms with Crippen molar-refractivity contribution in [1.82, 2.24) is 0 Å². The van der Waals surface area contributed by atoms with Gasteiger partial charge >= 0.3 is 0 Å². The Balaban J connectivity index is 1.12. The quantitative estimate of drug-likeness (QED) is 0.125. The maximum atomic E-state index is 6.63. The summed E-state index contributed by atoms with van der Waals surface area (Å²) in [5.74, 6) is 0.979. The van der Waals surface area contributed by atoms with E-state index >= 15 is 0 Å². The van der Waals surface area contributed by atoms with Crippen molar-refractivity contribution in [3.8, 4) is 22.3 Å². The van der Waals surface area contributed by atoms with Gasteiger partial charge in [-0.3, -0.25) is 4.99 Å². The van der Waals surface area contributed by atoms with Crippen molar-refractivity contribution in [3.63, 3.8) is 0 Å². The molecule has 1 unspecified atom stereocenters. The minimum Gasteiger partial charge on any atom is -0.456 e. The molecule has 266 valence electrons. The number of nitrogens with zero attached hydrogens (tertiary/aromatic N) is 2. The van der Waals surface area contributed by atoms with E-state index in [1.165, 1.54) is 32.8 Å². The highest BCUT2D eigenvalue weighted by atomic mass is 16.3. The van der Waals surface area contributed by atoms with Crippen LogP contribution in [-0.2, 0) is 0 Å². The van der Waals surface area contributed by atoms with Crippen LogP contribution in [0, 0.1) is 0 Å². The van der Waals surface area contributed by atoms with Crippen LogP contribution in [0.4, 0.5) is 0 Å². The lowest BCUT2D eigenvalue weighted by Gasteiger charge is -2.18. The molecular weight excluding hydrogens is 681 g/mol. The maximum absolute atomic E-state index is 6.63. The zero-order chi connectivity index (χ0) is 37.4. The van der Waals surface area contributed by atoms with Gasteiger partial charge in [-0.1, -0.05) is 170 Å². The molecule has 3 heteroatoms. The molecule has 9 aromatic rings. The molecule has 3 nitrogen and oxygen atoms in total. The summed E-state index contributed by atoms with van der Waals surface area (Å²) in [5, 5.41) is 6.96. The standard InChI is InChI=1S/C53H38N2O/c1-54-53(41-27-23-39(24-28-41)44-29-25-36-13-5-7-15-42(36)31-44)55-52(45-30-26-37-14-6-8-16-43(37)32-45)48-33-46(34-50-51(48)47-17-9-10-18-49(47)56-50)40-21-19-38(20-22-40)35-11-3-2-4-12-35/h2-23,25-34,39H,24H2,1H3/b54-53-,55-52-. The lowest BCUT2D eigenvalue weighted by molar-refractivity contribution is 0.669. The topological polar surface area (TPSA) is 37.9 Å². The number of hydrogen-bond acceptors (Lipinski definition) is 2. The Morgan fingerprint density at radius 3 is 1.93 bits per heavy atom. The van der Waals surface area contributed by atoms with Gasteiger partial charge in [0, 0.05) is 40.4 Å². The molecule has 0 aliphatic heterocycles. The molecule has 0 bridgehead atoms. The second-order valence-corrected chi connectivity index (χ2v) is 14.5. The van der Waals surface area contributed by atoms with Crippen LogP contribution in [0.15, 0.2) is 214 Å².